The van der Waals surface area contributed by atoms with Crippen molar-refractivity contribution in [2.45, 2.75) is 45.3 Å². The van der Waals surface area contributed by atoms with Gasteiger partial charge in [-0.1, -0.05) is 0 Å². The predicted octanol–water partition coefficient (Wildman–Crippen LogP) is 1.30. The van der Waals surface area contributed by atoms with Crippen molar-refractivity contribution in [3.8, 4) is 0 Å². The molecular weight excluding hydrogens is 366 g/mol. The standard InChI is InChI=1S/C19H23N5O2.ClH/c1-12-4-7-23(11-14-10-21-13(2)9-22-14)18(25)17(12)19(26)24-8-5-15-16(24)3-6-20-15;/h4,7,9-10,15-16,20H,3,5-6,8,11H2,1-2H3;1H/t15-,16-;/m0./s1. The molecule has 4 rings (SSSR count). The Balaban J connectivity index is 0.00000210. The van der Waals surface area contributed by atoms with Gasteiger partial charge in [0.1, 0.15) is 5.56 Å². The summed E-state index contributed by atoms with van der Waals surface area (Å²) in [5.41, 5.74) is 2.27. The molecule has 2 aliphatic rings. The van der Waals surface area contributed by atoms with E-state index in [1.165, 1.54) is 0 Å². The van der Waals surface area contributed by atoms with Crippen LogP contribution in [-0.2, 0) is 6.54 Å². The molecule has 2 aliphatic heterocycles. The molecule has 0 spiro atoms. The van der Waals surface area contributed by atoms with E-state index in [4.69, 9.17) is 0 Å². The smallest absolute Gasteiger partial charge is 0.264 e. The molecule has 2 atom stereocenters. The van der Waals surface area contributed by atoms with Crippen LogP contribution in [0, 0.1) is 13.8 Å². The second kappa shape index (κ2) is 7.78. The minimum atomic E-state index is -0.258. The van der Waals surface area contributed by atoms with Crippen LogP contribution in [0.5, 0.6) is 0 Å². The molecule has 1 N–H and O–H groups in total. The maximum Gasteiger partial charge on any atom is 0.264 e. The Morgan fingerprint density at radius 3 is 2.81 bits per heavy atom. The number of carbonyl (C=O) groups is 1. The van der Waals surface area contributed by atoms with E-state index < -0.39 is 0 Å². The number of rotatable bonds is 3. The number of pyridine rings is 1. The molecule has 0 aliphatic carbocycles. The Morgan fingerprint density at radius 1 is 1.26 bits per heavy atom. The lowest BCUT2D eigenvalue weighted by molar-refractivity contribution is 0.0733. The fourth-order valence-corrected chi connectivity index (χ4v) is 3.99. The van der Waals surface area contributed by atoms with Crippen molar-refractivity contribution in [3.63, 3.8) is 0 Å². The highest BCUT2D eigenvalue weighted by Crippen LogP contribution is 2.26. The number of fused-ring (bicyclic) bond motifs is 1. The normalized spacial score (nSPS) is 21.0. The van der Waals surface area contributed by atoms with E-state index in [2.05, 4.69) is 15.3 Å². The van der Waals surface area contributed by atoms with Gasteiger partial charge in [-0.05, 0) is 44.9 Å². The topological polar surface area (TPSA) is 80.1 Å². The maximum atomic E-state index is 13.1. The lowest BCUT2D eigenvalue weighted by Gasteiger charge is -2.24. The third-order valence-corrected chi connectivity index (χ3v) is 5.41. The van der Waals surface area contributed by atoms with Crippen LogP contribution in [-0.4, -0.2) is 50.5 Å². The van der Waals surface area contributed by atoms with E-state index in [1.54, 1.807) is 23.2 Å². The van der Waals surface area contributed by atoms with E-state index in [9.17, 15) is 9.59 Å². The van der Waals surface area contributed by atoms with Crippen molar-refractivity contribution in [1.29, 1.82) is 0 Å². The zero-order chi connectivity index (χ0) is 18.3. The van der Waals surface area contributed by atoms with Gasteiger partial charge in [-0.25, -0.2) is 0 Å². The summed E-state index contributed by atoms with van der Waals surface area (Å²) >= 11 is 0. The van der Waals surface area contributed by atoms with Crippen LogP contribution in [0.1, 0.15) is 40.2 Å². The lowest BCUT2D eigenvalue weighted by atomic mass is 10.1. The molecule has 0 saturated carbocycles. The van der Waals surface area contributed by atoms with Crippen molar-refractivity contribution >= 4 is 18.3 Å². The first-order chi connectivity index (χ1) is 12.5. The molecule has 0 unspecified atom stereocenters. The van der Waals surface area contributed by atoms with Gasteiger partial charge >= 0.3 is 0 Å². The lowest BCUT2D eigenvalue weighted by Crippen LogP contribution is -2.42. The largest absolute Gasteiger partial charge is 0.334 e. The van der Waals surface area contributed by atoms with Crippen LogP contribution in [0.2, 0.25) is 0 Å². The Labute approximate surface area is 164 Å². The molecule has 2 aromatic heterocycles. The van der Waals surface area contributed by atoms with Gasteiger partial charge in [0.15, 0.2) is 0 Å². The number of aromatic nitrogens is 3. The van der Waals surface area contributed by atoms with Gasteiger partial charge in [-0.15, -0.1) is 12.4 Å². The fourth-order valence-electron chi connectivity index (χ4n) is 3.99. The van der Waals surface area contributed by atoms with Crippen molar-refractivity contribution in [2.24, 2.45) is 0 Å². The van der Waals surface area contributed by atoms with Crippen LogP contribution < -0.4 is 10.9 Å². The third kappa shape index (κ3) is 3.61. The Morgan fingerprint density at radius 2 is 2.07 bits per heavy atom. The van der Waals surface area contributed by atoms with Crippen LogP contribution in [0.3, 0.4) is 0 Å². The number of halogens is 1. The highest BCUT2D eigenvalue weighted by atomic mass is 35.5. The van der Waals surface area contributed by atoms with Crippen molar-refractivity contribution in [2.75, 3.05) is 13.1 Å². The number of nitrogens with one attached hydrogen (secondary N) is 1. The Hall–Kier alpha value is -2.25. The van der Waals surface area contributed by atoms with Gasteiger partial charge in [-0.2, -0.15) is 0 Å². The fraction of sp³-hybridized carbons (Fsp3) is 0.474. The molecule has 0 aromatic carbocycles. The molecule has 7 nitrogen and oxygen atoms in total. The molecule has 4 heterocycles. The summed E-state index contributed by atoms with van der Waals surface area (Å²) < 4.78 is 1.54. The molecule has 2 aromatic rings. The van der Waals surface area contributed by atoms with Crippen LogP contribution in [0.25, 0.3) is 0 Å². The molecule has 0 bridgehead atoms. The number of hydrogen-bond donors (Lipinski definition) is 1. The van der Waals surface area contributed by atoms with Gasteiger partial charge in [0.05, 0.1) is 24.1 Å². The summed E-state index contributed by atoms with van der Waals surface area (Å²) in [6.07, 6.45) is 6.97. The highest BCUT2D eigenvalue weighted by Gasteiger charge is 2.40. The van der Waals surface area contributed by atoms with Gasteiger partial charge in [0, 0.05) is 31.0 Å². The van der Waals surface area contributed by atoms with E-state index in [1.807, 2.05) is 24.8 Å². The average Bonchev–Trinajstić information content (AvgIpc) is 3.22. The zero-order valence-electron chi connectivity index (χ0n) is 15.5. The van der Waals surface area contributed by atoms with Gasteiger partial charge in [0.25, 0.3) is 11.5 Å². The van der Waals surface area contributed by atoms with Gasteiger partial charge in [-0.3, -0.25) is 19.6 Å². The summed E-state index contributed by atoms with van der Waals surface area (Å²) in [5, 5.41) is 3.44. The summed E-state index contributed by atoms with van der Waals surface area (Å²) in [4.78, 5) is 36.5. The minimum absolute atomic E-state index is 0. The Bertz CT molecular complexity index is 896. The monoisotopic (exact) mass is 389 g/mol. The third-order valence-electron chi connectivity index (χ3n) is 5.41. The number of amides is 1. The molecule has 2 saturated heterocycles. The molecule has 0 radical (unpaired) electrons. The molecule has 27 heavy (non-hydrogen) atoms. The second-order valence-electron chi connectivity index (χ2n) is 7.16. The molecule has 1 amide bonds. The first-order valence-corrected chi connectivity index (χ1v) is 9.06. The van der Waals surface area contributed by atoms with Crippen molar-refractivity contribution in [1.82, 2.24) is 24.8 Å². The van der Waals surface area contributed by atoms with Crippen LogP contribution >= 0.6 is 12.4 Å². The first kappa shape index (κ1) is 19.5. The van der Waals surface area contributed by atoms with E-state index in [0.29, 0.717) is 24.8 Å². The van der Waals surface area contributed by atoms with Gasteiger partial charge in [0.2, 0.25) is 0 Å². The summed E-state index contributed by atoms with van der Waals surface area (Å²) in [6, 6.07) is 2.41. The average molecular weight is 390 g/mol. The number of aryl methyl sites for hydroxylation is 2. The quantitative estimate of drug-likeness (QED) is 0.855. The molecular formula is C19H24ClN5O2. The first-order valence-electron chi connectivity index (χ1n) is 9.06. The number of hydrogen-bond acceptors (Lipinski definition) is 5. The minimum Gasteiger partial charge on any atom is -0.334 e. The zero-order valence-corrected chi connectivity index (χ0v) is 16.3. The van der Waals surface area contributed by atoms with E-state index >= 15 is 0 Å². The van der Waals surface area contributed by atoms with Gasteiger partial charge < -0.3 is 14.8 Å². The SMILES string of the molecule is Cc1cnc(Cn2ccc(C)c(C(=O)N3CC[C@@H]4NCC[C@@H]43)c2=O)cn1.Cl. The van der Waals surface area contributed by atoms with Crippen LogP contribution in [0.15, 0.2) is 29.5 Å². The highest BCUT2D eigenvalue weighted by molar-refractivity contribution is 5.95. The van der Waals surface area contributed by atoms with Crippen LogP contribution in [0.4, 0.5) is 0 Å². The number of likely N-dealkylation sites (tertiary alicyclic amines) is 1. The molecule has 144 valence electrons. The predicted molar refractivity (Wildman–Crippen MR) is 104 cm³/mol. The Kier molecular flexibility index (Phi) is 5.62. The summed E-state index contributed by atoms with van der Waals surface area (Å²) in [7, 11) is 0. The van der Waals surface area contributed by atoms with Crippen molar-refractivity contribution < 1.29 is 4.79 Å². The maximum absolute atomic E-state index is 13.1. The second-order valence-corrected chi connectivity index (χ2v) is 7.16. The number of carbonyl (C=O) groups excluding carboxylic acids is 1. The van der Waals surface area contributed by atoms with E-state index in [-0.39, 0.29) is 35.5 Å². The molecule has 8 heteroatoms. The van der Waals surface area contributed by atoms with E-state index in [0.717, 1.165) is 30.6 Å². The van der Waals surface area contributed by atoms with Crippen molar-refractivity contribution in [3.05, 3.63) is 57.5 Å². The summed E-state index contributed by atoms with van der Waals surface area (Å²) in [5.74, 6) is -0.145. The molecule has 2 fully saturated rings. The number of nitrogens with zero attached hydrogens (tertiary/aromatic N) is 4. The summed E-state index contributed by atoms with van der Waals surface area (Å²) in [6.45, 7) is 5.64.